The van der Waals surface area contributed by atoms with Crippen molar-refractivity contribution in [3.05, 3.63) is 65.4 Å². The van der Waals surface area contributed by atoms with Crippen molar-refractivity contribution in [1.29, 1.82) is 0 Å². The molecule has 5 aromatic rings. The smallest absolute Gasteiger partial charge is 0.197 e. The maximum atomic E-state index is 10.7. The molecule has 5 nitrogen and oxygen atoms in total. The Morgan fingerprint density at radius 3 is 2.70 bits per heavy atom. The zero-order valence-electron chi connectivity index (χ0n) is 16.4. The number of aliphatic hydroxyl groups excluding tert-OH is 2. The second-order valence-corrected chi connectivity index (χ2v) is 8.08. The minimum atomic E-state index is -0.0167. The van der Waals surface area contributed by atoms with E-state index in [0.29, 0.717) is 13.0 Å². The van der Waals surface area contributed by atoms with Gasteiger partial charge in [0, 0.05) is 53.0 Å². The molecule has 0 unspecified atom stereocenters. The number of aryl methyl sites for hydroxylation is 1. The standard InChI is InChI=1S/C25H22N2O3/c28-9-3-8-27-20-7-6-14(13-29)10-17(20)22-19-12-26-25(30)23(19)21-16-5-2-1-4-15(16)11-18(21)24(22)27/h1-2,4-7,10,12,26,28-30H,3,8-9,11,13H2. The van der Waals surface area contributed by atoms with Crippen molar-refractivity contribution < 1.29 is 15.3 Å². The Bertz CT molecular complexity index is 1460. The monoisotopic (exact) mass is 398 g/mol. The lowest BCUT2D eigenvalue weighted by atomic mass is 9.96. The van der Waals surface area contributed by atoms with Gasteiger partial charge >= 0.3 is 0 Å². The van der Waals surface area contributed by atoms with Gasteiger partial charge in [0.05, 0.1) is 17.5 Å². The van der Waals surface area contributed by atoms with Crippen LogP contribution in [0.15, 0.2) is 48.7 Å². The summed E-state index contributed by atoms with van der Waals surface area (Å²) in [7, 11) is 0. The highest BCUT2D eigenvalue weighted by Crippen LogP contribution is 2.50. The quantitative estimate of drug-likeness (QED) is 0.355. The molecular formula is C25H22N2O3. The topological polar surface area (TPSA) is 81.4 Å². The van der Waals surface area contributed by atoms with E-state index in [2.05, 4.69) is 33.8 Å². The molecule has 2 aromatic heterocycles. The molecule has 3 aromatic carbocycles. The number of aromatic amines is 1. The molecular weight excluding hydrogens is 376 g/mol. The molecule has 0 bridgehead atoms. The summed E-state index contributed by atoms with van der Waals surface area (Å²) in [5, 5.41) is 34.0. The molecule has 0 amide bonds. The lowest BCUT2D eigenvalue weighted by molar-refractivity contribution is 0.281. The average molecular weight is 398 g/mol. The first-order chi connectivity index (χ1) is 14.7. The Hall–Kier alpha value is -3.28. The molecule has 0 aliphatic heterocycles. The van der Waals surface area contributed by atoms with Crippen LogP contribution >= 0.6 is 0 Å². The van der Waals surface area contributed by atoms with Crippen LogP contribution in [0, 0.1) is 0 Å². The third-order valence-electron chi connectivity index (χ3n) is 6.47. The Balaban J connectivity index is 1.86. The van der Waals surface area contributed by atoms with Gasteiger partial charge in [-0.1, -0.05) is 30.3 Å². The summed E-state index contributed by atoms with van der Waals surface area (Å²) in [5.74, 6) is 0.189. The molecule has 150 valence electrons. The van der Waals surface area contributed by atoms with E-state index in [1.165, 1.54) is 16.7 Å². The van der Waals surface area contributed by atoms with Gasteiger partial charge in [0.25, 0.3) is 0 Å². The summed E-state index contributed by atoms with van der Waals surface area (Å²) in [5.41, 5.74) is 7.85. The number of aromatic nitrogens is 2. The van der Waals surface area contributed by atoms with Gasteiger partial charge in [0.2, 0.25) is 0 Å². The molecule has 1 aliphatic rings. The maximum Gasteiger partial charge on any atom is 0.197 e. The van der Waals surface area contributed by atoms with E-state index < -0.39 is 0 Å². The number of nitrogens with one attached hydrogen (secondary N) is 1. The summed E-state index contributed by atoms with van der Waals surface area (Å²) in [6, 6.07) is 14.5. The Morgan fingerprint density at radius 2 is 1.87 bits per heavy atom. The van der Waals surface area contributed by atoms with Crippen molar-refractivity contribution in [3.8, 4) is 17.0 Å². The first-order valence-electron chi connectivity index (χ1n) is 10.3. The molecule has 1 aliphatic carbocycles. The number of hydrogen-bond donors (Lipinski definition) is 4. The third-order valence-corrected chi connectivity index (χ3v) is 6.47. The third kappa shape index (κ3) is 2.19. The number of fused-ring (bicyclic) bond motifs is 10. The number of benzene rings is 3. The summed E-state index contributed by atoms with van der Waals surface area (Å²) in [6.07, 6.45) is 3.36. The second kappa shape index (κ2) is 6.36. The van der Waals surface area contributed by atoms with Crippen molar-refractivity contribution in [2.24, 2.45) is 0 Å². The highest BCUT2D eigenvalue weighted by Gasteiger charge is 2.29. The SMILES string of the molecule is OCCCn1c2ccc(CO)cc2c2c3c[nH]c(O)c3c3c(c21)Cc1ccccc1-3. The van der Waals surface area contributed by atoms with Gasteiger partial charge in [-0.05, 0) is 40.8 Å². The number of rotatable bonds is 4. The Labute approximate surface area is 172 Å². The van der Waals surface area contributed by atoms with Crippen molar-refractivity contribution in [1.82, 2.24) is 9.55 Å². The van der Waals surface area contributed by atoms with E-state index in [1.807, 2.05) is 24.4 Å². The summed E-state index contributed by atoms with van der Waals surface area (Å²) in [4.78, 5) is 3.03. The summed E-state index contributed by atoms with van der Waals surface area (Å²) >= 11 is 0. The molecule has 2 heterocycles. The lowest BCUT2D eigenvalue weighted by Gasteiger charge is -2.12. The van der Waals surface area contributed by atoms with Crippen molar-refractivity contribution in [3.63, 3.8) is 0 Å². The fraction of sp³-hybridized carbons (Fsp3) is 0.200. The van der Waals surface area contributed by atoms with Gasteiger partial charge in [-0.2, -0.15) is 0 Å². The minimum Gasteiger partial charge on any atom is -0.494 e. The lowest BCUT2D eigenvalue weighted by Crippen LogP contribution is -2.02. The van der Waals surface area contributed by atoms with Gasteiger partial charge in [-0.25, -0.2) is 0 Å². The van der Waals surface area contributed by atoms with Gasteiger partial charge < -0.3 is 24.9 Å². The van der Waals surface area contributed by atoms with Gasteiger partial charge in [-0.15, -0.1) is 0 Å². The van der Waals surface area contributed by atoms with Crippen LogP contribution in [0.25, 0.3) is 43.7 Å². The van der Waals surface area contributed by atoms with Crippen LogP contribution in [0.2, 0.25) is 0 Å². The molecule has 0 spiro atoms. The molecule has 6 rings (SSSR count). The van der Waals surface area contributed by atoms with Crippen LogP contribution in [-0.2, 0) is 19.6 Å². The Morgan fingerprint density at radius 1 is 1.00 bits per heavy atom. The van der Waals surface area contributed by atoms with Crippen LogP contribution in [0.4, 0.5) is 0 Å². The molecule has 0 fully saturated rings. The molecule has 5 heteroatoms. The molecule has 0 saturated heterocycles. The van der Waals surface area contributed by atoms with Crippen LogP contribution in [0.5, 0.6) is 5.88 Å². The van der Waals surface area contributed by atoms with E-state index in [0.717, 1.165) is 50.1 Å². The second-order valence-electron chi connectivity index (χ2n) is 8.08. The fourth-order valence-electron chi connectivity index (χ4n) is 5.26. The van der Waals surface area contributed by atoms with Crippen molar-refractivity contribution >= 4 is 32.6 Å². The fourth-order valence-corrected chi connectivity index (χ4v) is 5.26. The summed E-state index contributed by atoms with van der Waals surface area (Å²) < 4.78 is 2.30. The number of aliphatic hydroxyl groups is 2. The zero-order valence-corrected chi connectivity index (χ0v) is 16.4. The normalized spacial score (nSPS) is 12.9. The number of hydrogen-bond acceptors (Lipinski definition) is 3. The highest BCUT2D eigenvalue weighted by molar-refractivity contribution is 6.27. The largest absolute Gasteiger partial charge is 0.494 e. The van der Waals surface area contributed by atoms with Gasteiger partial charge in [-0.3, -0.25) is 0 Å². The molecule has 4 N–H and O–H groups in total. The molecule has 30 heavy (non-hydrogen) atoms. The zero-order chi connectivity index (χ0) is 20.4. The summed E-state index contributed by atoms with van der Waals surface area (Å²) in [6.45, 7) is 0.822. The van der Waals surface area contributed by atoms with Crippen LogP contribution in [0.1, 0.15) is 23.1 Å². The van der Waals surface area contributed by atoms with E-state index in [4.69, 9.17) is 0 Å². The first kappa shape index (κ1) is 17.6. The minimum absolute atomic E-state index is 0.0167. The Kier molecular flexibility index (Phi) is 3.72. The molecule has 0 atom stereocenters. The number of H-pyrrole nitrogens is 1. The number of nitrogens with zero attached hydrogens (tertiary/aromatic N) is 1. The maximum absolute atomic E-state index is 10.7. The van der Waals surface area contributed by atoms with Crippen molar-refractivity contribution in [2.45, 2.75) is 26.0 Å². The van der Waals surface area contributed by atoms with Crippen LogP contribution < -0.4 is 0 Å². The van der Waals surface area contributed by atoms with E-state index in [1.54, 1.807) is 0 Å². The van der Waals surface area contributed by atoms with Crippen LogP contribution in [0.3, 0.4) is 0 Å². The van der Waals surface area contributed by atoms with E-state index in [9.17, 15) is 15.3 Å². The van der Waals surface area contributed by atoms with Crippen LogP contribution in [-0.4, -0.2) is 31.5 Å². The molecule has 0 saturated carbocycles. The van der Waals surface area contributed by atoms with E-state index in [-0.39, 0.29) is 19.1 Å². The first-order valence-corrected chi connectivity index (χ1v) is 10.3. The van der Waals surface area contributed by atoms with E-state index >= 15 is 0 Å². The average Bonchev–Trinajstić information content (AvgIpc) is 3.43. The highest BCUT2D eigenvalue weighted by atomic mass is 16.3. The molecule has 0 radical (unpaired) electrons. The van der Waals surface area contributed by atoms with Gasteiger partial charge in [0.15, 0.2) is 5.88 Å². The predicted octanol–water partition coefficient (Wildman–Crippen LogP) is 4.43. The predicted molar refractivity (Wildman–Crippen MR) is 119 cm³/mol. The number of aromatic hydroxyl groups is 1. The van der Waals surface area contributed by atoms with Crippen molar-refractivity contribution in [2.75, 3.05) is 6.61 Å². The van der Waals surface area contributed by atoms with Gasteiger partial charge in [0.1, 0.15) is 0 Å².